The largest absolute Gasteiger partial charge is 0.474 e. The van der Waals surface area contributed by atoms with Gasteiger partial charge in [-0.3, -0.25) is 9.69 Å². The van der Waals surface area contributed by atoms with Crippen LogP contribution in [0.25, 0.3) is 0 Å². The molecule has 0 aliphatic carbocycles. The highest BCUT2D eigenvalue weighted by atomic mass is 35.5. The Kier molecular flexibility index (Phi) is 7.97. The fourth-order valence-corrected chi connectivity index (χ4v) is 5.54. The van der Waals surface area contributed by atoms with E-state index in [4.69, 9.17) is 21.1 Å². The lowest BCUT2D eigenvalue weighted by molar-refractivity contribution is -0.148. The molecule has 4 rings (SSSR count). The van der Waals surface area contributed by atoms with Gasteiger partial charge in [0.05, 0.1) is 34.4 Å². The molecule has 2 aliphatic rings. The standard InChI is InChI=1S/C30H36ClFN4O4/c1-28(2,3)40-27(38)36-19-29(4,39-25-16-23(34(5)6)22(31)15-24(25)36)26(37)35-13-11-30(18-33,12-14-35)17-20-7-9-21(32)10-8-20/h7-10,15-16H,11-14,17,19H2,1-6H3. The van der Waals surface area contributed by atoms with Crippen molar-refractivity contribution >= 4 is 35.0 Å². The topological polar surface area (TPSA) is 86.1 Å². The number of anilines is 2. The van der Waals surface area contributed by atoms with Crippen LogP contribution in [0.15, 0.2) is 36.4 Å². The quantitative estimate of drug-likeness (QED) is 0.461. The Morgan fingerprint density at radius 2 is 1.80 bits per heavy atom. The van der Waals surface area contributed by atoms with Crippen molar-refractivity contribution < 1.29 is 23.5 Å². The molecule has 1 unspecified atom stereocenters. The molecule has 40 heavy (non-hydrogen) atoms. The second kappa shape index (κ2) is 10.8. The first-order valence-electron chi connectivity index (χ1n) is 13.3. The number of nitrogens with zero attached hydrogens (tertiary/aromatic N) is 4. The average Bonchev–Trinajstić information content (AvgIpc) is 2.88. The molecule has 0 radical (unpaired) electrons. The number of piperidine rings is 1. The second-order valence-electron chi connectivity index (χ2n) is 12.1. The fourth-order valence-electron chi connectivity index (χ4n) is 5.21. The van der Waals surface area contributed by atoms with Gasteiger partial charge in [0.1, 0.15) is 17.2 Å². The molecule has 0 N–H and O–H groups in total. The van der Waals surface area contributed by atoms with Crippen LogP contribution >= 0.6 is 11.6 Å². The van der Waals surface area contributed by atoms with E-state index in [-0.39, 0.29) is 18.3 Å². The SMILES string of the molecule is CN(C)c1cc2c(cc1Cl)N(C(=O)OC(C)(C)C)CC(C)(C(=O)N1CCC(C#N)(Cc3ccc(F)cc3)CC1)O2. The Balaban J connectivity index is 1.58. The molecular weight excluding hydrogens is 535 g/mol. The van der Waals surface area contributed by atoms with E-state index in [1.54, 1.807) is 56.9 Å². The minimum atomic E-state index is -1.40. The molecule has 214 valence electrons. The van der Waals surface area contributed by atoms with Crippen molar-refractivity contribution in [3.63, 3.8) is 0 Å². The number of amides is 2. The van der Waals surface area contributed by atoms with Crippen molar-refractivity contribution in [2.24, 2.45) is 5.41 Å². The number of rotatable bonds is 4. The zero-order valence-electron chi connectivity index (χ0n) is 23.9. The number of benzene rings is 2. The van der Waals surface area contributed by atoms with Gasteiger partial charge in [-0.25, -0.2) is 9.18 Å². The Hall–Kier alpha value is -3.51. The molecule has 1 atom stereocenters. The number of ether oxygens (including phenoxy) is 2. The van der Waals surface area contributed by atoms with Gasteiger partial charge in [-0.2, -0.15) is 5.26 Å². The first kappa shape index (κ1) is 29.5. The summed E-state index contributed by atoms with van der Waals surface area (Å²) in [6.07, 6.45) is 0.810. The summed E-state index contributed by atoms with van der Waals surface area (Å²) in [5.74, 6) is -0.250. The normalized spacial score (nSPS) is 20.2. The zero-order valence-corrected chi connectivity index (χ0v) is 24.6. The van der Waals surface area contributed by atoms with Gasteiger partial charge in [0.2, 0.25) is 5.60 Å². The van der Waals surface area contributed by atoms with E-state index >= 15 is 0 Å². The second-order valence-corrected chi connectivity index (χ2v) is 12.5. The molecule has 8 nitrogen and oxygen atoms in total. The van der Waals surface area contributed by atoms with Crippen LogP contribution in [0.3, 0.4) is 0 Å². The molecule has 2 aliphatic heterocycles. The number of likely N-dealkylation sites (tertiary alicyclic amines) is 1. The van der Waals surface area contributed by atoms with Crippen LogP contribution in [0.1, 0.15) is 46.1 Å². The molecule has 2 aromatic carbocycles. The van der Waals surface area contributed by atoms with Crippen LogP contribution in [0.2, 0.25) is 5.02 Å². The Labute approximate surface area is 240 Å². The third-order valence-corrected chi connectivity index (χ3v) is 7.67. The van der Waals surface area contributed by atoms with Gasteiger partial charge in [-0.1, -0.05) is 23.7 Å². The Morgan fingerprint density at radius 3 is 2.35 bits per heavy atom. The van der Waals surface area contributed by atoms with Gasteiger partial charge in [0, 0.05) is 33.3 Å². The van der Waals surface area contributed by atoms with E-state index in [2.05, 4.69) is 6.07 Å². The maximum absolute atomic E-state index is 14.0. The van der Waals surface area contributed by atoms with Crippen LogP contribution in [0.4, 0.5) is 20.6 Å². The highest BCUT2D eigenvalue weighted by Crippen LogP contribution is 2.44. The third kappa shape index (κ3) is 6.12. The van der Waals surface area contributed by atoms with Crippen LogP contribution in [0, 0.1) is 22.6 Å². The zero-order chi connectivity index (χ0) is 29.5. The van der Waals surface area contributed by atoms with Gasteiger partial charge in [-0.05, 0) is 70.7 Å². The predicted molar refractivity (Wildman–Crippen MR) is 152 cm³/mol. The van der Waals surface area contributed by atoms with E-state index in [1.165, 1.54) is 17.0 Å². The molecular formula is C30H36ClFN4O4. The van der Waals surface area contributed by atoms with Crippen molar-refractivity contribution in [2.75, 3.05) is 43.5 Å². The maximum atomic E-state index is 14.0. The van der Waals surface area contributed by atoms with Crippen LogP contribution in [-0.4, -0.2) is 61.8 Å². The van der Waals surface area contributed by atoms with E-state index in [9.17, 15) is 19.2 Å². The van der Waals surface area contributed by atoms with Crippen LogP contribution in [-0.2, 0) is 16.0 Å². The smallest absolute Gasteiger partial charge is 0.415 e. The predicted octanol–water partition coefficient (Wildman–Crippen LogP) is 5.81. The molecule has 10 heteroatoms. The van der Waals surface area contributed by atoms with Crippen molar-refractivity contribution in [3.05, 3.63) is 52.8 Å². The van der Waals surface area contributed by atoms with Gasteiger partial charge in [0.15, 0.2) is 0 Å². The summed E-state index contributed by atoms with van der Waals surface area (Å²) < 4.78 is 25.4. The number of hydrogen-bond acceptors (Lipinski definition) is 6. The molecule has 0 spiro atoms. The molecule has 1 fully saturated rings. The molecule has 2 heterocycles. The lowest BCUT2D eigenvalue weighted by atomic mass is 9.75. The number of carbonyl (C=O) groups is 2. The maximum Gasteiger partial charge on any atom is 0.415 e. The Bertz CT molecular complexity index is 1330. The van der Waals surface area contributed by atoms with Gasteiger partial charge < -0.3 is 19.3 Å². The summed E-state index contributed by atoms with van der Waals surface area (Å²) in [4.78, 5) is 32.2. The van der Waals surface area contributed by atoms with Crippen LogP contribution in [0.5, 0.6) is 5.75 Å². The Morgan fingerprint density at radius 1 is 1.18 bits per heavy atom. The van der Waals surface area contributed by atoms with Gasteiger partial charge in [0.25, 0.3) is 5.91 Å². The minimum Gasteiger partial charge on any atom is -0.474 e. The van der Waals surface area contributed by atoms with E-state index in [0.29, 0.717) is 54.5 Å². The van der Waals surface area contributed by atoms with Gasteiger partial charge >= 0.3 is 6.09 Å². The molecule has 1 saturated heterocycles. The molecule has 2 amide bonds. The first-order valence-corrected chi connectivity index (χ1v) is 13.7. The number of halogens is 2. The lowest BCUT2D eigenvalue weighted by Crippen LogP contribution is -2.61. The van der Waals surface area contributed by atoms with Crippen molar-refractivity contribution in [1.82, 2.24) is 4.90 Å². The monoisotopic (exact) mass is 570 g/mol. The summed E-state index contributed by atoms with van der Waals surface area (Å²) in [7, 11) is 3.68. The first-order chi connectivity index (χ1) is 18.7. The van der Waals surface area contributed by atoms with E-state index in [0.717, 1.165) is 5.56 Å². The summed E-state index contributed by atoms with van der Waals surface area (Å²) in [5.41, 5.74) is -0.817. The van der Waals surface area contributed by atoms with E-state index < -0.39 is 22.7 Å². The molecule has 0 saturated carbocycles. The third-order valence-electron chi connectivity index (χ3n) is 7.36. The number of carbonyl (C=O) groups excluding carboxylic acids is 2. The van der Waals surface area contributed by atoms with Crippen molar-refractivity contribution in [2.45, 2.75) is 58.2 Å². The van der Waals surface area contributed by atoms with Crippen molar-refractivity contribution in [3.8, 4) is 11.8 Å². The van der Waals surface area contributed by atoms with Gasteiger partial charge in [-0.15, -0.1) is 0 Å². The summed E-state index contributed by atoms with van der Waals surface area (Å²) in [6.45, 7) is 7.65. The fraction of sp³-hybridized carbons (Fsp3) is 0.500. The van der Waals surface area contributed by atoms with E-state index in [1.807, 2.05) is 19.0 Å². The molecule has 2 aromatic rings. The molecule has 0 bridgehead atoms. The highest BCUT2D eigenvalue weighted by molar-refractivity contribution is 6.33. The summed E-state index contributed by atoms with van der Waals surface area (Å²) >= 11 is 6.52. The summed E-state index contributed by atoms with van der Waals surface area (Å²) in [5, 5.41) is 10.5. The average molecular weight is 571 g/mol. The molecule has 0 aromatic heterocycles. The van der Waals surface area contributed by atoms with Crippen LogP contribution < -0.4 is 14.5 Å². The summed E-state index contributed by atoms with van der Waals surface area (Å²) in [6, 6.07) is 12.0. The number of fused-ring (bicyclic) bond motifs is 1. The number of nitriles is 1. The minimum absolute atomic E-state index is 0.0686. The van der Waals surface area contributed by atoms with Crippen molar-refractivity contribution in [1.29, 1.82) is 5.26 Å². The lowest BCUT2D eigenvalue weighted by Gasteiger charge is -2.45. The number of hydrogen-bond donors (Lipinski definition) is 0. The highest BCUT2D eigenvalue weighted by Gasteiger charge is 2.49.